The fraction of sp³-hybridized carbons (Fsp3) is 0.161. The third kappa shape index (κ3) is 6.78. The highest BCUT2D eigenvalue weighted by Gasteiger charge is 2.26. The fourth-order valence-electron chi connectivity index (χ4n) is 4.83. The van der Waals surface area contributed by atoms with E-state index in [9.17, 15) is 18.5 Å². The molecule has 0 fully saturated rings. The number of ether oxygens (including phenoxy) is 1. The Morgan fingerprint density at radius 1 is 1.02 bits per heavy atom. The van der Waals surface area contributed by atoms with E-state index >= 15 is 0 Å². The van der Waals surface area contributed by atoms with Crippen molar-refractivity contribution in [1.82, 2.24) is 19.6 Å². The molecular formula is C31H27Cl2FN5O4P. The van der Waals surface area contributed by atoms with Gasteiger partial charge < -0.3 is 14.6 Å². The number of halogens is 3. The summed E-state index contributed by atoms with van der Waals surface area (Å²) >= 11 is 12.3. The minimum absolute atomic E-state index is 0.0847. The van der Waals surface area contributed by atoms with Crippen LogP contribution in [0.5, 0.6) is 5.75 Å². The van der Waals surface area contributed by atoms with Crippen LogP contribution in [0.25, 0.3) is 16.8 Å². The largest absolute Gasteiger partial charge is 0.495 e. The van der Waals surface area contributed by atoms with Crippen LogP contribution in [-0.2, 0) is 15.8 Å². The molecule has 3 aromatic carbocycles. The third-order valence-electron chi connectivity index (χ3n) is 6.93. The number of amides is 1. The molecule has 5 rings (SSSR count). The lowest BCUT2D eigenvalue weighted by atomic mass is 10.0. The van der Waals surface area contributed by atoms with Gasteiger partial charge in [-0.25, -0.2) is 9.07 Å². The summed E-state index contributed by atoms with van der Waals surface area (Å²) in [5.74, 6) is -0.970. The van der Waals surface area contributed by atoms with Gasteiger partial charge in [-0.15, -0.1) is 5.10 Å². The average molecular weight is 654 g/mol. The van der Waals surface area contributed by atoms with E-state index in [0.29, 0.717) is 21.8 Å². The van der Waals surface area contributed by atoms with E-state index in [1.807, 2.05) is 30.3 Å². The van der Waals surface area contributed by atoms with E-state index in [2.05, 4.69) is 15.6 Å². The molecule has 13 heteroatoms. The van der Waals surface area contributed by atoms with Crippen LogP contribution >= 0.6 is 30.3 Å². The van der Waals surface area contributed by atoms with Gasteiger partial charge in [0.2, 0.25) is 5.91 Å². The molecule has 9 nitrogen and oxygen atoms in total. The van der Waals surface area contributed by atoms with Gasteiger partial charge in [0.05, 0.1) is 25.2 Å². The van der Waals surface area contributed by atoms with Crippen LogP contribution in [0.4, 0.5) is 10.1 Å². The second-order valence-corrected chi connectivity index (χ2v) is 14.4. The van der Waals surface area contributed by atoms with Gasteiger partial charge in [-0.3, -0.25) is 14.2 Å². The Hall–Kier alpha value is -4.24. The zero-order valence-corrected chi connectivity index (χ0v) is 26.3. The molecule has 0 aliphatic carbocycles. The molecule has 0 spiro atoms. The fourth-order valence-corrected chi connectivity index (χ4v) is 6.14. The Morgan fingerprint density at radius 2 is 1.77 bits per heavy atom. The van der Waals surface area contributed by atoms with Crippen molar-refractivity contribution in [3.05, 3.63) is 117 Å². The summed E-state index contributed by atoms with van der Waals surface area (Å²) in [4.78, 5) is 27.5. The van der Waals surface area contributed by atoms with Gasteiger partial charge in [-0.1, -0.05) is 58.7 Å². The Morgan fingerprint density at radius 3 is 2.41 bits per heavy atom. The first-order chi connectivity index (χ1) is 20.9. The monoisotopic (exact) mass is 653 g/mol. The molecule has 0 aliphatic heterocycles. The number of carbonyl (C=O) groups excluding carboxylic acids is 1. The van der Waals surface area contributed by atoms with Crippen molar-refractivity contribution in [2.24, 2.45) is 0 Å². The summed E-state index contributed by atoms with van der Waals surface area (Å²) < 4.78 is 35.7. The van der Waals surface area contributed by atoms with E-state index in [-0.39, 0.29) is 28.3 Å². The van der Waals surface area contributed by atoms with Crippen LogP contribution in [0.3, 0.4) is 0 Å². The number of nitrogens with zero attached hydrogens (tertiary/aromatic N) is 4. The van der Waals surface area contributed by atoms with Crippen molar-refractivity contribution in [1.29, 1.82) is 0 Å². The predicted octanol–water partition coefficient (Wildman–Crippen LogP) is 6.22. The first kappa shape index (κ1) is 31.2. The van der Waals surface area contributed by atoms with Crippen molar-refractivity contribution in [2.45, 2.75) is 12.5 Å². The molecule has 0 radical (unpaired) electrons. The Kier molecular flexibility index (Phi) is 9.06. The van der Waals surface area contributed by atoms with Crippen LogP contribution < -0.4 is 20.9 Å². The normalized spacial score (nSPS) is 12.1. The quantitative estimate of drug-likeness (QED) is 0.189. The van der Waals surface area contributed by atoms with Gasteiger partial charge in [0.25, 0.3) is 5.56 Å². The molecule has 226 valence electrons. The maximum absolute atomic E-state index is 14.8. The topological polar surface area (TPSA) is 108 Å². The minimum atomic E-state index is -2.86. The number of carbonyl (C=O) groups is 1. The number of hydrogen-bond donors (Lipinski definition) is 1. The van der Waals surface area contributed by atoms with Crippen molar-refractivity contribution >= 4 is 47.2 Å². The van der Waals surface area contributed by atoms with Gasteiger partial charge in [0, 0.05) is 39.6 Å². The predicted molar refractivity (Wildman–Crippen MR) is 171 cm³/mol. The molecule has 2 heterocycles. The Bertz CT molecular complexity index is 1960. The maximum atomic E-state index is 14.8. The number of aromatic nitrogens is 4. The molecule has 0 aliphatic rings. The SMILES string of the molecule is COc1cn(C(Cc2ccccc2)C(=O)Nc2ccc(P(C)(C)=O)c(F)c2)c(=O)cc1-c1cc(Cl)ccc1-n1cc(Cl)nn1. The number of nitrogens with one attached hydrogen (secondary N) is 1. The smallest absolute Gasteiger partial charge is 0.252 e. The van der Waals surface area contributed by atoms with E-state index in [1.165, 1.54) is 60.3 Å². The van der Waals surface area contributed by atoms with Gasteiger partial charge in [0.1, 0.15) is 24.8 Å². The molecule has 1 amide bonds. The molecule has 1 unspecified atom stereocenters. The number of hydrogen-bond acceptors (Lipinski definition) is 6. The van der Waals surface area contributed by atoms with Crippen LogP contribution in [0.15, 0.2) is 90.0 Å². The minimum Gasteiger partial charge on any atom is -0.495 e. The highest BCUT2D eigenvalue weighted by molar-refractivity contribution is 7.70. The molecule has 5 aromatic rings. The zero-order valence-electron chi connectivity index (χ0n) is 23.9. The third-order valence-corrected chi connectivity index (χ3v) is 8.86. The zero-order chi connectivity index (χ0) is 31.6. The lowest BCUT2D eigenvalue weighted by Crippen LogP contribution is -2.34. The number of anilines is 1. The molecule has 44 heavy (non-hydrogen) atoms. The molecule has 1 atom stereocenters. The van der Waals surface area contributed by atoms with Crippen LogP contribution in [0.1, 0.15) is 11.6 Å². The van der Waals surface area contributed by atoms with E-state index in [4.69, 9.17) is 27.9 Å². The summed E-state index contributed by atoms with van der Waals surface area (Å²) in [6, 6.07) is 18.5. The highest BCUT2D eigenvalue weighted by atomic mass is 35.5. The highest BCUT2D eigenvalue weighted by Crippen LogP contribution is 2.37. The Balaban J connectivity index is 1.59. The van der Waals surface area contributed by atoms with Gasteiger partial charge in [-0.2, -0.15) is 0 Å². The number of pyridine rings is 1. The number of benzene rings is 3. The van der Waals surface area contributed by atoms with Gasteiger partial charge in [0.15, 0.2) is 5.15 Å². The molecule has 0 saturated carbocycles. The summed E-state index contributed by atoms with van der Waals surface area (Å²) in [7, 11) is -1.42. The van der Waals surface area contributed by atoms with Crippen molar-refractivity contribution < 1.29 is 18.5 Å². The van der Waals surface area contributed by atoms with E-state index < -0.39 is 30.5 Å². The number of methoxy groups -OCH3 is 1. The van der Waals surface area contributed by atoms with Gasteiger partial charge >= 0.3 is 0 Å². The van der Waals surface area contributed by atoms with Crippen molar-refractivity contribution in [3.63, 3.8) is 0 Å². The van der Waals surface area contributed by atoms with Crippen LogP contribution in [-0.4, -0.2) is 45.9 Å². The van der Waals surface area contributed by atoms with Crippen molar-refractivity contribution in [2.75, 3.05) is 25.8 Å². The average Bonchev–Trinajstić information content (AvgIpc) is 3.41. The van der Waals surface area contributed by atoms with Crippen LogP contribution in [0.2, 0.25) is 10.2 Å². The standard InChI is InChI=1S/C31H27Cl2FN5O4P/c1-43-27-17-38(30(40)16-23(27)22-14-20(32)9-11-25(22)39-18-29(33)36-37-39)26(13-19-7-5-4-6-8-19)31(41)35-21-10-12-28(24(34)15-21)44(2,3)42/h4-12,14-18,26H,13H2,1-3H3,(H,35,41). The Labute approximate surface area is 262 Å². The summed E-state index contributed by atoms with van der Waals surface area (Å²) in [5, 5.41) is 11.2. The summed E-state index contributed by atoms with van der Waals surface area (Å²) in [5.41, 5.74) is 1.91. The van der Waals surface area contributed by atoms with E-state index in [1.54, 1.807) is 18.2 Å². The second-order valence-electron chi connectivity index (χ2n) is 10.4. The summed E-state index contributed by atoms with van der Waals surface area (Å²) in [6.45, 7) is 2.94. The first-order valence-electron chi connectivity index (χ1n) is 13.3. The number of rotatable bonds is 9. The lowest BCUT2D eigenvalue weighted by Gasteiger charge is -2.22. The van der Waals surface area contributed by atoms with E-state index in [0.717, 1.165) is 11.6 Å². The summed E-state index contributed by atoms with van der Waals surface area (Å²) in [6.07, 6.45) is 3.12. The molecule has 0 bridgehead atoms. The maximum Gasteiger partial charge on any atom is 0.252 e. The molecule has 2 aromatic heterocycles. The van der Waals surface area contributed by atoms with Crippen LogP contribution in [0, 0.1) is 5.82 Å². The lowest BCUT2D eigenvalue weighted by molar-refractivity contribution is -0.119. The first-order valence-corrected chi connectivity index (χ1v) is 16.7. The second kappa shape index (κ2) is 12.8. The molecule has 1 N–H and O–H groups in total. The molecular weight excluding hydrogens is 627 g/mol. The van der Waals surface area contributed by atoms with Gasteiger partial charge in [-0.05, 0) is 55.3 Å². The molecule has 0 saturated heterocycles. The van der Waals surface area contributed by atoms with Crippen molar-refractivity contribution in [3.8, 4) is 22.6 Å².